The van der Waals surface area contributed by atoms with Gasteiger partial charge in [-0.25, -0.2) is 15.0 Å². The van der Waals surface area contributed by atoms with E-state index in [0.717, 1.165) is 50.4 Å². The lowest BCUT2D eigenvalue weighted by molar-refractivity contribution is -0.633. The number of fused-ring (bicyclic) bond motifs is 4. The summed E-state index contributed by atoms with van der Waals surface area (Å²) in [4.78, 5) is 14.8. The lowest BCUT2D eigenvalue weighted by atomic mass is 9.93. The van der Waals surface area contributed by atoms with Crippen LogP contribution < -0.4 is 4.57 Å². The monoisotopic (exact) mass is 515 g/mol. The van der Waals surface area contributed by atoms with E-state index in [1.807, 2.05) is 0 Å². The molecule has 0 atom stereocenters. The van der Waals surface area contributed by atoms with Crippen LogP contribution in [0.3, 0.4) is 0 Å². The number of aryl methyl sites for hydroxylation is 2. The van der Waals surface area contributed by atoms with Gasteiger partial charge in [0.05, 0.1) is 11.1 Å². The molecule has 3 heterocycles. The van der Waals surface area contributed by atoms with Gasteiger partial charge in [0.1, 0.15) is 29.9 Å². The summed E-state index contributed by atoms with van der Waals surface area (Å²) in [7, 11) is 2.12. The lowest BCUT2D eigenvalue weighted by Gasteiger charge is -2.22. The van der Waals surface area contributed by atoms with Gasteiger partial charge in [0.25, 0.3) is 0 Å². The third-order valence-electron chi connectivity index (χ3n) is 7.43. The Hall–Kier alpha value is -4.12. The van der Waals surface area contributed by atoms with Crippen LogP contribution >= 0.6 is 0 Å². The first-order valence-electron chi connectivity index (χ1n) is 13.5. The van der Waals surface area contributed by atoms with Crippen molar-refractivity contribution in [2.45, 2.75) is 59.3 Å². The zero-order valence-corrected chi connectivity index (χ0v) is 24.0. The summed E-state index contributed by atoms with van der Waals surface area (Å²) in [6, 6.07) is 23.4. The highest BCUT2D eigenvalue weighted by Crippen LogP contribution is 2.40. The highest BCUT2D eigenvalue weighted by Gasteiger charge is 2.27. The van der Waals surface area contributed by atoms with Crippen LogP contribution in [-0.2, 0) is 17.9 Å². The predicted octanol–water partition coefficient (Wildman–Crippen LogP) is 7.99. The molecule has 3 aromatic carbocycles. The van der Waals surface area contributed by atoms with E-state index in [4.69, 9.17) is 19.4 Å². The first-order valence-corrected chi connectivity index (χ1v) is 13.5. The van der Waals surface area contributed by atoms with Crippen molar-refractivity contribution in [3.63, 3.8) is 0 Å². The number of para-hydroxylation sites is 2. The van der Waals surface area contributed by atoms with E-state index in [2.05, 4.69) is 127 Å². The molecule has 196 valence electrons. The molecule has 0 aliphatic heterocycles. The van der Waals surface area contributed by atoms with Crippen LogP contribution in [0.25, 0.3) is 55.5 Å². The van der Waals surface area contributed by atoms with Gasteiger partial charge >= 0.3 is 0 Å². The van der Waals surface area contributed by atoms with Crippen molar-refractivity contribution in [2.75, 3.05) is 0 Å². The highest BCUT2D eigenvalue weighted by atomic mass is 16.3. The summed E-state index contributed by atoms with van der Waals surface area (Å²) in [6.45, 7) is 15.0. The third kappa shape index (κ3) is 4.17. The van der Waals surface area contributed by atoms with E-state index in [9.17, 15) is 0 Å². The zero-order valence-electron chi connectivity index (χ0n) is 24.0. The van der Waals surface area contributed by atoms with Gasteiger partial charge in [0.2, 0.25) is 11.2 Å². The third-order valence-corrected chi connectivity index (χ3v) is 7.43. The largest absolute Gasteiger partial charge is 0.454 e. The Morgan fingerprint density at radius 2 is 1.33 bits per heavy atom. The number of aromatic nitrogens is 4. The molecule has 0 radical (unpaired) electrons. The van der Waals surface area contributed by atoms with E-state index in [-0.39, 0.29) is 10.8 Å². The van der Waals surface area contributed by atoms with Crippen molar-refractivity contribution in [2.24, 2.45) is 7.05 Å². The maximum Gasteiger partial charge on any atom is 0.216 e. The molecule has 39 heavy (non-hydrogen) atoms. The van der Waals surface area contributed by atoms with Crippen molar-refractivity contribution < 1.29 is 8.98 Å². The Morgan fingerprint density at radius 1 is 0.667 bits per heavy atom. The molecule has 0 aliphatic carbocycles. The average Bonchev–Trinajstić information content (AvgIpc) is 3.27. The van der Waals surface area contributed by atoms with Crippen LogP contribution in [-0.4, -0.2) is 15.0 Å². The standard InChI is InChI=1S/C34H35N4O/c1-20-16-18-23-22-13-11-14-24(30-35-31(33(2,3)4)37-32(36-30)34(5,6)7)28(22)39-29(23)27(20)26-19-17-21-12-9-10-15-25(21)38(26)8/h9-19H,1-8H3/q+1. The molecule has 0 saturated carbocycles. The summed E-state index contributed by atoms with van der Waals surface area (Å²) < 4.78 is 9.06. The lowest BCUT2D eigenvalue weighted by Crippen LogP contribution is -2.32. The van der Waals surface area contributed by atoms with Gasteiger partial charge in [-0.15, -0.1) is 0 Å². The topological polar surface area (TPSA) is 55.7 Å². The van der Waals surface area contributed by atoms with Crippen LogP contribution in [0.15, 0.2) is 71.1 Å². The van der Waals surface area contributed by atoms with Crippen molar-refractivity contribution >= 4 is 32.8 Å². The minimum Gasteiger partial charge on any atom is -0.454 e. The predicted molar refractivity (Wildman–Crippen MR) is 159 cm³/mol. The number of hydrogen-bond donors (Lipinski definition) is 0. The number of furan rings is 1. The van der Waals surface area contributed by atoms with Crippen LogP contribution in [0.1, 0.15) is 58.8 Å². The molecule has 0 amide bonds. The van der Waals surface area contributed by atoms with Gasteiger partial charge in [0.15, 0.2) is 5.82 Å². The Balaban J connectivity index is 1.65. The Kier molecular flexibility index (Phi) is 5.62. The van der Waals surface area contributed by atoms with Crippen molar-refractivity contribution in [1.82, 2.24) is 15.0 Å². The first-order chi connectivity index (χ1) is 18.4. The van der Waals surface area contributed by atoms with Crippen LogP contribution in [0.5, 0.6) is 0 Å². The normalized spacial score (nSPS) is 12.6. The van der Waals surface area contributed by atoms with Gasteiger partial charge in [-0.3, -0.25) is 0 Å². The molecule has 6 aromatic rings. The van der Waals surface area contributed by atoms with Crippen molar-refractivity contribution in [3.8, 4) is 22.6 Å². The molecule has 0 spiro atoms. The Morgan fingerprint density at radius 3 is 2.03 bits per heavy atom. The molecule has 0 bridgehead atoms. The second-order valence-corrected chi connectivity index (χ2v) is 12.6. The zero-order chi connectivity index (χ0) is 27.7. The van der Waals surface area contributed by atoms with E-state index >= 15 is 0 Å². The summed E-state index contributed by atoms with van der Waals surface area (Å²) in [5.74, 6) is 2.22. The fourth-order valence-electron chi connectivity index (χ4n) is 5.22. The maximum absolute atomic E-state index is 6.81. The SMILES string of the molecule is Cc1ccc2c(oc3c(-c4nc(C(C)(C)C)nc(C(C)(C)C)n4)cccc32)c1-c1ccc2ccccc2[n+]1C. The molecule has 3 aromatic heterocycles. The molecule has 0 saturated heterocycles. The summed E-state index contributed by atoms with van der Waals surface area (Å²) in [6.07, 6.45) is 0. The molecule has 5 heteroatoms. The molecule has 6 rings (SSSR count). The fraction of sp³-hybridized carbons (Fsp3) is 0.294. The highest BCUT2D eigenvalue weighted by molar-refractivity contribution is 6.12. The van der Waals surface area contributed by atoms with Gasteiger partial charge in [-0.1, -0.05) is 77.9 Å². The second-order valence-electron chi connectivity index (χ2n) is 12.6. The van der Waals surface area contributed by atoms with Gasteiger partial charge in [0, 0.05) is 39.1 Å². The minimum atomic E-state index is -0.214. The summed E-state index contributed by atoms with van der Waals surface area (Å²) in [5.41, 5.74) is 6.69. The Labute approximate surface area is 229 Å². The molecule has 0 N–H and O–H groups in total. The van der Waals surface area contributed by atoms with Gasteiger partial charge < -0.3 is 4.42 Å². The number of pyridine rings is 1. The van der Waals surface area contributed by atoms with Crippen LogP contribution in [0.2, 0.25) is 0 Å². The quantitative estimate of drug-likeness (QED) is 0.219. The second kappa shape index (κ2) is 8.70. The smallest absolute Gasteiger partial charge is 0.216 e. The summed E-state index contributed by atoms with van der Waals surface area (Å²) in [5, 5.41) is 3.35. The van der Waals surface area contributed by atoms with E-state index in [1.54, 1.807) is 0 Å². The average molecular weight is 516 g/mol. The maximum atomic E-state index is 6.81. The van der Waals surface area contributed by atoms with E-state index in [0.29, 0.717) is 5.82 Å². The number of nitrogens with zero attached hydrogens (tertiary/aromatic N) is 4. The van der Waals surface area contributed by atoms with E-state index < -0.39 is 0 Å². The number of rotatable bonds is 2. The van der Waals surface area contributed by atoms with Gasteiger partial charge in [-0.05, 0) is 30.7 Å². The first kappa shape index (κ1) is 25.2. The minimum absolute atomic E-state index is 0.214. The van der Waals surface area contributed by atoms with Crippen LogP contribution in [0.4, 0.5) is 0 Å². The van der Waals surface area contributed by atoms with Crippen LogP contribution in [0, 0.1) is 6.92 Å². The van der Waals surface area contributed by atoms with Gasteiger partial charge in [-0.2, -0.15) is 4.57 Å². The fourth-order valence-corrected chi connectivity index (χ4v) is 5.22. The molecular formula is C34H35N4O+. The molecule has 0 unspecified atom stereocenters. The van der Waals surface area contributed by atoms with Crippen molar-refractivity contribution in [3.05, 3.63) is 83.9 Å². The van der Waals surface area contributed by atoms with E-state index in [1.165, 1.54) is 16.5 Å². The Bertz CT molecular complexity index is 1870. The molecule has 5 nitrogen and oxygen atoms in total. The van der Waals surface area contributed by atoms with Crippen molar-refractivity contribution in [1.29, 1.82) is 0 Å². The number of hydrogen-bond acceptors (Lipinski definition) is 4. The number of benzene rings is 3. The molecule has 0 fully saturated rings. The molecule has 0 aliphatic rings. The summed E-state index contributed by atoms with van der Waals surface area (Å²) >= 11 is 0. The molecular weight excluding hydrogens is 480 g/mol.